The molecule has 1 N–H and O–H groups in total. The number of carbonyl (C=O) groups is 1. The fourth-order valence-corrected chi connectivity index (χ4v) is 2.17. The molecule has 0 aliphatic heterocycles. The quantitative estimate of drug-likeness (QED) is 0.894. The van der Waals surface area contributed by atoms with Crippen LogP contribution in [0.2, 0.25) is 0 Å². The SMILES string of the molecule is CC(c1ccccc1)c1cccc([C@H](C)C(=O)O)c1. The molecule has 1 unspecified atom stereocenters. The Morgan fingerprint density at radius 2 is 1.47 bits per heavy atom. The van der Waals surface area contributed by atoms with Gasteiger partial charge in [-0.1, -0.05) is 61.5 Å². The van der Waals surface area contributed by atoms with Gasteiger partial charge in [-0.05, 0) is 23.6 Å². The van der Waals surface area contributed by atoms with E-state index in [-0.39, 0.29) is 5.92 Å². The van der Waals surface area contributed by atoms with Crippen molar-refractivity contribution in [1.29, 1.82) is 0 Å². The molecule has 0 saturated carbocycles. The number of hydrogen-bond donors (Lipinski definition) is 1. The second-order valence-electron chi connectivity index (χ2n) is 4.86. The van der Waals surface area contributed by atoms with E-state index in [0.717, 1.165) is 11.1 Å². The van der Waals surface area contributed by atoms with Crippen LogP contribution in [0.3, 0.4) is 0 Å². The maximum Gasteiger partial charge on any atom is 0.310 e. The molecule has 0 saturated heterocycles. The van der Waals surface area contributed by atoms with Crippen LogP contribution in [0.25, 0.3) is 0 Å². The lowest BCUT2D eigenvalue weighted by atomic mass is 9.90. The summed E-state index contributed by atoms with van der Waals surface area (Å²) in [6.45, 7) is 3.86. The Hall–Kier alpha value is -2.09. The van der Waals surface area contributed by atoms with E-state index in [1.165, 1.54) is 5.56 Å². The van der Waals surface area contributed by atoms with Gasteiger partial charge in [0.25, 0.3) is 0 Å². The Labute approximate surface area is 113 Å². The fraction of sp³-hybridized carbons (Fsp3) is 0.235. The van der Waals surface area contributed by atoms with E-state index >= 15 is 0 Å². The predicted octanol–water partition coefficient (Wildman–Crippen LogP) is 4.03. The van der Waals surface area contributed by atoms with Gasteiger partial charge in [0.1, 0.15) is 0 Å². The molecule has 0 bridgehead atoms. The molecule has 2 aromatic carbocycles. The minimum absolute atomic E-state index is 0.266. The molecule has 98 valence electrons. The van der Waals surface area contributed by atoms with Crippen molar-refractivity contribution in [3.05, 3.63) is 71.3 Å². The molecule has 2 nitrogen and oxygen atoms in total. The van der Waals surface area contributed by atoms with Crippen molar-refractivity contribution < 1.29 is 9.90 Å². The number of hydrogen-bond acceptors (Lipinski definition) is 1. The third-order valence-electron chi connectivity index (χ3n) is 3.58. The first kappa shape index (κ1) is 13.3. The summed E-state index contributed by atoms with van der Waals surface area (Å²) in [5.74, 6) is -0.991. The molecule has 0 aromatic heterocycles. The molecule has 2 aromatic rings. The molecule has 2 atom stereocenters. The first-order valence-corrected chi connectivity index (χ1v) is 6.47. The molecular formula is C17H18O2. The minimum atomic E-state index is -0.787. The van der Waals surface area contributed by atoms with Crippen molar-refractivity contribution in [2.24, 2.45) is 0 Å². The summed E-state index contributed by atoms with van der Waals surface area (Å²) in [4.78, 5) is 11.1. The van der Waals surface area contributed by atoms with Crippen molar-refractivity contribution in [2.45, 2.75) is 25.7 Å². The Bertz CT molecular complexity index is 560. The molecule has 2 rings (SSSR count). The Balaban J connectivity index is 2.31. The fourth-order valence-electron chi connectivity index (χ4n) is 2.17. The monoisotopic (exact) mass is 254 g/mol. The molecule has 0 fully saturated rings. The number of aliphatic carboxylic acids is 1. The third-order valence-corrected chi connectivity index (χ3v) is 3.58. The van der Waals surface area contributed by atoms with Crippen molar-refractivity contribution in [2.75, 3.05) is 0 Å². The van der Waals surface area contributed by atoms with Crippen LogP contribution in [0.4, 0.5) is 0 Å². The standard InChI is InChI=1S/C17H18O2/c1-12(14-7-4-3-5-8-14)15-9-6-10-16(11-15)13(2)17(18)19/h3-13H,1-2H3,(H,18,19)/t12?,13-/m0/s1. The van der Waals surface area contributed by atoms with Crippen molar-refractivity contribution in [3.8, 4) is 0 Å². The van der Waals surface area contributed by atoms with Crippen LogP contribution in [-0.4, -0.2) is 11.1 Å². The molecule has 0 amide bonds. The first-order valence-electron chi connectivity index (χ1n) is 6.47. The summed E-state index contributed by atoms with van der Waals surface area (Å²) in [7, 11) is 0. The molecule has 0 spiro atoms. The second kappa shape index (κ2) is 5.70. The van der Waals surface area contributed by atoms with Gasteiger partial charge in [-0.25, -0.2) is 0 Å². The topological polar surface area (TPSA) is 37.3 Å². The largest absolute Gasteiger partial charge is 0.481 e. The lowest BCUT2D eigenvalue weighted by Gasteiger charge is -2.15. The molecule has 0 aliphatic carbocycles. The molecular weight excluding hydrogens is 236 g/mol. The molecule has 19 heavy (non-hydrogen) atoms. The molecule has 0 radical (unpaired) electrons. The van der Waals surface area contributed by atoms with E-state index in [2.05, 4.69) is 25.1 Å². The molecule has 0 heterocycles. The summed E-state index contributed by atoms with van der Waals surface area (Å²) >= 11 is 0. The van der Waals surface area contributed by atoms with Gasteiger partial charge in [-0.2, -0.15) is 0 Å². The van der Waals surface area contributed by atoms with E-state index in [4.69, 9.17) is 5.11 Å². The van der Waals surface area contributed by atoms with Gasteiger partial charge in [-0.15, -0.1) is 0 Å². The van der Waals surface area contributed by atoms with E-state index < -0.39 is 11.9 Å². The van der Waals surface area contributed by atoms with Crippen LogP contribution in [0.15, 0.2) is 54.6 Å². The average Bonchev–Trinajstić information content (AvgIpc) is 2.46. The number of carboxylic acid groups (broad SMARTS) is 1. The summed E-state index contributed by atoms with van der Waals surface area (Å²) < 4.78 is 0. The van der Waals surface area contributed by atoms with Crippen LogP contribution in [0, 0.1) is 0 Å². The number of carboxylic acids is 1. The van der Waals surface area contributed by atoms with E-state index in [1.807, 2.05) is 36.4 Å². The minimum Gasteiger partial charge on any atom is -0.481 e. The van der Waals surface area contributed by atoms with Gasteiger partial charge < -0.3 is 5.11 Å². The highest BCUT2D eigenvalue weighted by molar-refractivity contribution is 5.75. The lowest BCUT2D eigenvalue weighted by Crippen LogP contribution is -2.08. The smallest absolute Gasteiger partial charge is 0.310 e. The van der Waals surface area contributed by atoms with Crippen molar-refractivity contribution in [1.82, 2.24) is 0 Å². The zero-order chi connectivity index (χ0) is 13.8. The zero-order valence-electron chi connectivity index (χ0n) is 11.2. The predicted molar refractivity (Wildman–Crippen MR) is 76.5 cm³/mol. The first-order chi connectivity index (χ1) is 9.09. The highest BCUT2D eigenvalue weighted by atomic mass is 16.4. The number of rotatable bonds is 4. The van der Waals surface area contributed by atoms with Gasteiger partial charge in [0.05, 0.1) is 5.92 Å². The summed E-state index contributed by atoms with van der Waals surface area (Å²) in [5.41, 5.74) is 3.24. The normalized spacial score (nSPS) is 13.8. The van der Waals surface area contributed by atoms with Gasteiger partial charge >= 0.3 is 5.97 Å². The third kappa shape index (κ3) is 3.02. The van der Waals surface area contributed by atoms with Gasteiger partial charge in [0, 0.05) is 5.92 Å². The second-order valence-corrected chi connectivity index (χ2v) is 4.86. The summed E-state index contributed by atoms with van der Waals surface area (Å²) in [6.07, 6.45) is 0. The Morgan fingerprint density at radius 3 is 2.11 bits per heavy atom. The van der Waals surface area contributed by atoms with E-state index in [9.17, 15) is 4.79 Å². The van der Waals surface area contributed by atoms with E-state index in [0.29, 0.717) is 0 Å². The lowest BCUT2D eigenvalue weighted by molar-refractivity contribution is -0.138. The van der Waals surface area contributed by atoms with Gasteiger partial charge in [0.2, 0.25) is 0 Å². The molecule has 0 aliphatic rings. The Morgan fingerprint density at radius 1 is 0.895 bits per heavy atom. The van der Waals surface area contributed by atoms with Crippen LogP contribution in [0.5, 0.6) is 0 Å². The number of benzene rings is 2. The van der Waals surface area contributed by atoms with Gasteiger partial charge in [0.15, 0.2) is 0 Å². The Kier molecular flexibility index (Phi) is 4.00. The van der Waals surface area contributed by atoms with Crippen molar-refractivity contribution in [3.63, 3.8) is 0 Å². The van der Waals surface area contributed by atoms with E-state index in [1.54, 1.807) is 6.92 Å². The zero-order valence-corrected chi connectivity index (χ0v) is 11.2. The average molecular weight is 254 g/mol. The summed E-state index contributed by atoms with van der Waals surface area (Å²) in [6, 6.07) is 18.1. The molecule has 2 heteroatoms. The highest BCUT2D eigenvalue weighted by Gasteiger charge is 2.15. The van der Waals surface area contributed by atoms with Crippen LogP contribution >= 0.6 is 0 Å². The van der Waals surface area contributed by atoms with Crippen LogP contribution in [-0.2, 0) is 4.79 Å². The van der Waals surface area contributed by atoms with Crippen molar-refractivity contribution >= 4 is 5.97 Å². The summed E-state index contributed by atoms with van der Waals surface area (Å²) in [5, 5.41) is 9.08. The highest BCUT2D eigenvalue weighted by Crippen LogP contribution is 2.26. The van der Waals surface area contributed by atoms with Crippen LogP contribution in [0.1, 0.15) is 42.4 Å². The van der Waals surface area contributed by atoms with Crippen LogP contribution < -0.4 is 0 Å². The van der Waals surface area contributed by atoms with Gasteiger partial charge in [-0.3, -0.25) is 4.79 Å². The maximum absolute atomic E-state index is 11.1. The maximum atomic E-state index is 11.1.